The minimum absolute atomic E-state index is 0.0697. The molecule has 1 aromatic carbocycles. The molecule has 0 saturated carbocycles. The summed E-state index contributed by atoms with van der Waals surface area (Å²) in [6.45, 7) is 2.96. The van der Waals surface area contributed by atoms with Gasteiger partial charge >= 0.3 is 5.97 Å². The first-order valence-electron chi connectivity index (χ1n) is 10.2. The molecule has 11 nitrogen and oxygen atoms in total. The van der Waals surface area contributed by atoms with E-state index in [1.54, 1.807) is 44.2 Å². The maximum Gasteiger partial charge on any atom is 0.326 e. The summed E-state index contributed by atoms with van der Waals surface area (Å²) in [5.74, 6) is -4.08. The van der Waals surface area contributed by atoms with E-state index in [0.29, 0.717) is 0 Å². The summed E-state index contributed by atoms with van der Waals surface area (Å²) in [6.07, 6.45) is -0.176. The molecular weight excluding hydrogens is 418 g/mol. The first-order valence-corrected chi connectivity index (χ1v) is 10.2. The largest absolute Gasteiger partial charge is 0.480 e. The predicted octanol–water partition coefficient (Wildman–Crippen LogP) is -1.35. The number of hydrogen-bond donors (Lipinski definition) is 6. The molecule has 0 saturated heterocycles. The van der Waals surface area contributed by atoms with Gasteiger partial charge in [-0.25, -0.2) is 4.79 Å². The zero-order valence-corrected chi connectivity index (χ0v) is 18.2. The van der Waals surface area contributed by atoms with Crippen molar-refractivity contribution in [1.29, 1.82) is 0 Å². The van der Waals surface area contributed by atoms with Gasteiger partial charge in [-0.3, -0.25) is 19.2 Å². The molecule has 0 aliphatic rings. The standard InChI is InChI=1S/C21H31N5O6/c1-12(2)18(23)20(30)26-14(8-9-16(22)27)19(29)24-11-17(28)25-15(21(31)32)10-13-6-4-3-5-7-13/h3-7,12,14-15,18H,8-11,23H2,1-2H3,(H2,22,27)(H,24,29)(H,25,28)(H,26,30)(H,31,32). The Bertz CT molecular complexity index is 814. The Balaban J connectivity index is 2.69. The maximum atomic E-state index is 12.5. The third kappa shape index (κ3) is 9.56. The van der Waals surface area contributed by atoms with Gasteiger partial charge in [0.2, 0.25) is 23.6 Å². The molecule has 1 rings (SSSR count). The Labute approximate surface area is 186 Å². The van der Waals surface area contributed by atoms with Gasteiger partial charge < -0.3 is 32.5 Å². The Morgan fingerprint density at radius 1 is 0.969 bits per heavy atom. The SMILES string of the molecule is CC(C)C(N)C(=O)NC(CCC(N)=O)C(=O)NCC(=O)NC(Cc1ccccc1)C(=O)O. The monoisotopic (exact) mass is 449 g/mol. The van der Waals surface area contributed by atoms with E-state index in [2.05, 4.69) is 16.0 Å². The zero-order chi connectivity index (χ0) is 24.3. The first-order chi connectivity index (χ1) is 15.0. The topological polar surface area (TPSA) is 194 Å². The summed E-state index contributed by atoms with van der Waals surface area (Å²) < 4.78 is 0. The van der Waals surface area contributed by atoms with Crippen molar-refractivity contribution in [3.05, 3.63) is 35.9 Å². The van der Waals surface area contributed by atoms with Crippen LogP contribution in [0, 0.1) is 5.92 Å². The van der Waals surface area contributed by atoms with Crippen molar-refractivity contribution < 1.29 is 29.1 Å². The van der Waals surface area contributed by atoms with Gasteiger partial charge in [0.25, 0.3) is 0 Å². The van der Waals surface area contributed by atoms with Crippen LogP contribution < -0.4 is 27.4 Å². The van der Waals surface area contributed by atoms with Crippen molar-refractivity contribution in [3.8, 4) is 0 Å². The van der Waals surface area contributed by atoms with Gasteiger partial charge in [0.15, 0.2) is 0 Å². The number of aliphatic carboxylic acids is 1. The third-order valence-corrected chi connectivity index (χ3v) is 4.67. The second-order valence-electron chi connectivity index (χ2n) is 7.70. The number of carbonyl (C=O) groups is 5. The fourth-order valence-corrected chi connectivity index (χ4v) is 2.71. The third-order valence-electron chi connectivity index (χ3n) is 4.67. The van der Waals surface area contributed by atoms with E-state index in [-0.39, 0.29) is 25.2 Å². The van der Waals surface area contributed by atoms with Crippen LogP contribution in [0.1, 0.15) is 32.3 Å². The maximum absolute atomic E-state index is 12.5. The van der Waals surface area contributed by atoms with E-state index in [0.717, 1.165) is 5.56 Å². The van der Waals surface area contributed by atoms with Crippen LogP contribution in [0.4, 0.5) is 0 Å². The average molecular weight is 450 g/mol. The Hall–Kier alpha value is -3.47. The normalized spacial score (nSPS) is 13.5. The van der Waals surface area contributed by atoms with Gasteiger partial charge in [-0.15, -0.1) is 0 Å². The van der Waals surface area contributed by atoms with Gasteiger partial charge in [0, 0.05) is 12.8 Å². The van der Waals surface area contributed by atoms with Gasteiger partial charge in [-0.05, 0) is 17.9 Å². The fraction of sp³-hybridized carbons (Fsp3) is 0.476. The molecule has 0 bridgehead atoms. The first kappa shape index (κ1) is 26.6. The number of carboxylic acids is 1. The van der Waals surface area contributed by atoms with Gasteiger partial charge in [0.05, 0.1) is 12.6 Å². The van der Waals surface area contributed by atoms with Crippen LogP contribution in [-0.4, -0.2) is 59.4 Å². The molecule has 4 amide bonds. The molecule has 0 heterocycles. The molecule has 0 spiro atoms. The highest BCUT2D eigenvalue weighted by atomic mass is 16.4. The van der Waals surface area contributed by atoms with Crippen LogP contribution in [0.5, 0.6) is 0 Å². The molecule has 11 heteroatoms. The van der Waals surface area contributed by atoms with Crippen LogP contribution in [0.15, 0.2) is 30.3 Å². The number of benzene rings is 1. The highest BCUT2D eigenvalue weighted by molar-refractivity contribution is 5.93. The van der Waals surface area contributed by atoms with E-state index >= 15 is 0 Å². The summed E-state index contributed by atoms with van der Waals surface area (Å²) >= 11 is 0. The molecule has 3 atom stereocenters. The van der Waals surface area contributed by atoms with Crippen LogP contribution in [0.2, 0.25) is 0 Å². The van der Waals surface area contributed by atoms with Crippen molar-refractivity contribution >= 4 is 29.6 Å². The number of nitrogens with one attached hydrogen (secondary N) is 3. The molecule has 1 aromatic rings. The highest BCUT2D eigenvalue weighted by Gasteiger charge is 2.26. The molecular formula is C21H31N5O6. The lowest BCUT2D eigenvalue weighted by molar-refractivity contribution is -0.141. The zero-order valence-electron chi connectivity index (χ0n) is 18.2. The minimum Gasteiger partial charge on any atom is -0.480 e. The summed E-state index contributed by atoms with van der Waals surface area (Å²) in [6, 6.07) is 5.58. The lowest BCUT2D eigenvalue weighted by Crippen LogP contribution is -2.54. The average Bonchev–Trinajstić information content (AvgIpc) is 2.74. The molecule has 8 N–H and O–H groups in total. The van der Waals surface area contributed by atoms with Crippen molar-refractivity contribution in [3.63, 3.8) is 0 Å². The van der Waals surface area contributed by atoms with Crippen molar-refractivity contribution in [2.45, 2.75) is 51.2 Å². The van der Waals surface area contributed by atoms with Crippen LogP contribution >= 0.6 is 0 Å². The summed E-state index contributed by atoms with van der Waals surface area (Å²) in [5, 5.41) is 16.5. The summed E-state index contributed by atoms with van der Waals surface area (Å²) in [4.78, 5) is 59.4. The number of rotatable bonds is 13. The Morgan fingerprint density at radius 3 is 2.12 bits per heavy atom. The van der Waals surface area contributed by atoms with E-state index < -0.39 is 54.3 Å². The van der Waals surface area contributed by atoms with Crippen molar-refractivity contribution in [2.24, 2.45) is 17.4 Å². The number of amides is 4. The summed E-state index contributed by atoms with van der Waals surface area (Å²) in [7, 11) is 0. The van der Waals surface area contributed by atoms with E-state index in [9.17, 15) is 29.1 Å². The summed E-state index contributed by atoms with van der Waals surface area (Å²) in [5.41, 5.74) is 11.6. The number of carboxylic acid groups (broad SMARTS) is 1. The lowest BCUT2D eigenvalue weighted by Gasteiger charge is -2.22. The molecule has 0 radical (unpaired) electrons. The highest BCUT2D eigenvalue weighted by Crippen LogP contribution is 2.04. The Morgan fingerprint density at radius 2 is 1.59 bits per heavy atom. The van der Waals surface area contributed by atoms with Crippen LogP contribution in [0.3, 0.4) is 0 Å². The van der Waals surface area contributed by atoms with Gasteiger partial charge in [0.1, 0.15) is 12.1 Å². The predicted molar refractivity (Wildman–Crippen MR) is 116 cm³/mol. The molecule has 0 aliphatic carbocycles. The molecule has 0 aliphatic heterocycles. The smallest absolute Gasteiger partial charge is 0.326 e. The molecule has 0 aromatic heterocycles. The second-order valence-corrected chi connectivity index (χ2v) is 7.70. The molecule has 0 fully saturated rings. The fourth-order valence-electron chi connectivity index (χ4n) is 2.71. The van der Waals surface area contributed by atoms with Crippen LogP contribution in [-0.2, 0) is 30.4 Å². The number of primary amides is 1. The molecule has 3 unspecified atom stereocenters. The number of carbonyl (C=O) groups excluding carboxylic acids is 4. The van der Waals surface area contributed by atoms with Crippen molar-refractivity contribution in [1.82, 2.24) is 16.0 Å². The quantitative estimate of drug-likeness (QED) is 0.214. The van der Waals surface area contributed by atoms with Crippen LogP contribution in [0.25, 0.3) is 0 Å². The van der Waals surface area contributed by atoms with Crippen molar-refractivity contribution in [2.75, 3.05) is 6.54 Å². The number of hydrogen-bond acceptors (Lipinski definition) is 6. The van der Waals surface area contributed by atoms with Gasteiger partial charge in [-0.2, -0.15) is 0 Å². The number of nitrogens with two attached hydrogens (primary N) is 2. The molecule has 32 heavy (non-hydrogen) atoms. The lowest BCUT2D eigenvalue weighted by atomic mass is 10.0. The minimum atomic E-state index is -1.22. The van der Waals surface area contributed by atoms with E-state index in [1.165, 1.54) is 0 Å². The van der Waals surface area contributed by atoms with E-state index in [1.807, 2.05) is 0 Å². The molecule has 176 valence electrons. The van der Waals surface area contributed by atoms with E-state index in [4.69, 9.17) is 11.5 Å². The van der Waals surface area contributed by atoms with Gasteiger partial charge in [-0.1, -0.05) is 44.2 Å². The second kappa shape index (κ2) is 13.1. The Kier molecular flexibility index (Phi) is 10.8.